The first-order chi connectivity index (χ1) is 9.02. The fourth-order valence-electron chi connectivity index (χ4n) is 1.93. The Morgan fingerprint density at radius 2 is 2.11 bits per heavy atom. The van der Waals surface area contributed by atoms with Crippen molar-refractivity contribution in [2.24, 2.45) is 5.73 Å². The van der Waals surface area contributed by atoms with Crippen LogP contribution in [-0.2, 0) is 6.42 Å². The summed E-state index contributed by atoms with van der Waals surface area (Å²) in [5.41, 5.74) is 8.99. The number of hydrogen-bond acceptors (Lipinski definition) is 3. The maximum absolute atomic E-state index is 6.09. The van der Waals surface area contributed by atoms with Crippen molar-refractivity contribution < 1.29 is 0 Å². The Morgan fingerprint density at radius 1 is 1.37 bits per heavy atom. The minimum Gasteiger partial charge on any atom is -0.330 e. The molecule has 0 unspecified atom stereocenters. The molecule has 0 aliphatic heterocycles. The van der Waals surface area contributed by atoms with E-state index in [4.69, 9.17) is 22.3 Å². The number of nitrogens with two attached hydrogens (primary N) is 1. The van der Waals surface area contributed by atoms with E-state index in [9.17, 15) is 0 Å². The van der Waals surface area contributed by atoms with Crippen molar-refractivity contribution in [1.82, 2.24) is 4.98 Å². The first kappa shape index (κ1) is 14.5. The van der Waals surface area contributed by atoms with Crippen molar-refractivity contribution in [3.05, 3.63) is 38.7 Å². The van der Waals surface area contributed by atoms with Gasteiger partial charge in [0.15, 0.2) is 0 Å². The summed E-state index contributed by atoms with van der Waals surface area (Å²) in [5, 5.41) is 1.97. The van der Waals surface area contributed by atoms with Crippen LogP contribution in [0.3, 0.4) is 0 Å². The Balaban J connectivity index is 2.49. The molecular formula is C15H19ClN2S. The van der Waals surface area contributed by atoms with Gasteiger partial charge in [-0.15, -0.1) is 11.3 Å². The number of aryl methyl sites for hydroxylation is 1. The topological polar surface area (TPSA) is 38.9 Å². The molecule has 2 rings (SSSR count). The SMILES string of the molecule is Cc1cc(-c2nc(C(C)C)sc2CCN)ccc1Cl. The molecule has 1 aromatic carbocycles. The van der Waals surface area contributed by atoms with Gasteiger partial charge in [0.1, 0.15) is 0 Å². The van der Waals surface area contributed by atoms with Gasteiger partial charge < -0.3 is 5.73 Å². The normalized spacial score (nSPS) is 11.3. The van der Waals surface area contributed by atoms with E-state index >= 15 is 0 Å². The van der Waals surface area contributed by atoms with E-state index in [0.29, 0.717) is 12.5 Å². The average molecular weight is 295 g/mol. The molecule has 2 aromatic rings. The molecule has 0 bridgehead atoms. The summed E-state index contributed by atoms with van der Waals surface area (Å²) in [6.07, 6.45) is 0.876. The van der Waals surface area contributed by atoms with E-state index in [2.05, 4.69) is 19.9 Å². The lowest BCUT2D eigenvalue weighted by molar-refractivity contribution is 0.853. The predicted molar refractivity (Wildman–Crippen MR) is 84.1 cm³/mol. The Morgan fingerprint density at radius 3 is 2.68 bits per heavy atom. The molecule has 4 heteroatoms. The summed E-state index contributed by atoms with van der Waals surface area (Å²) in [6.45, 7) is 7.01. The maximum atomic E-state index is 6.09. The van der Waals surface area contributed by atoms with Crippen LogP contribution in [0.4, 0.5) is 0 Å². The third-order valence-electron chi connectivity index (χ3n) is 3.01. The van der Waals surface area contributed by atoms with Crippen molar-refractivity contribution in [2.45, 2.75) is 33.1 Å². The quantitative estimate of drug-likeness (QED) is 0.908. The van der Waals surface area contributed by atoms with Gasteiger partial charge in [0, 0.05) is 21.4 Å². The lowest BCUT2D eigenvalue weighted by Crippen LogP contribution is -2.02. The van der Waals surface area contributed by atoms with Crippen LogP contribution in [-0.4, -0.2) is 11.5 Å². The van der Waals surface area contributed by atoms with Crippen LogP contribution in [0, 0.1) is 6.92 Å². The average Bonchev–Trinajstić information content (AvgIpc) is 2.77. The van der Waals surface area contributed by atoms with Gasteiger partial charge in [-0.2, -0.15) is 0 Å². The summed E-state index contributed by atoms with van der Waals surface area (Å²) in [5.74, 6) is 0.448. The Bertz CT molecular complexity index is 576. The molecule has 0 amide bonds. The van der Waals surface area contributed by atoms with Crippen LogP contribution < -0.4 is 5.73 Å². The van der Waals surface area contributed by atoms with Gasteiger partial charge >= 0.3 is 0 Å². The first-order valence-corrected chi connectivity index (χ1v) is 7.68. The van der Waals surface area contributed by atoms with Crippen LogP contribution >= 0.6 is 22.9 Å². The van der Waals surface area contributed by atoms with Crippen LogP contribution in [0.2, 0.25) is 5.02 Å². The van der Waals surface area contributed by atoms with Gasteiger partial charge in [0.2, 0.25) is 0 Å². The molecule has 102 valence electrons. The largest absolute Gasteiger partial charge is 0.330 e. The highest BCUT2D eigenvalue weighted by atomic mass is 35.5. The summed E-state index contributed by atoms with van der Waals surface area (Å²) in [4.78, 5) is 6.06. The monoisotopic (exact) mass is 294 g/mol. The van der Waals surface area contributed by atoms with E-state index in [1.54, 1.807) is 11.3 Å². The predicted octanol–water partition coefficient (Wildman–Crippen LogP) is 4.40. The lowest BCUT2D eigenvalue weighted by Gasteiger charge is -2.04. The molecule has 0 saturated heterocycles. The number of halogens is 1. The van der Waals surface area contributed by atoms with Crippen LogP contribution in [0.1, 0.15) is 35.2 Å². The molecule has 0 radical (unpaired) electrons. The summed E-state index contributed by atoms with van der Waals surface area (Å²) in [6, 6.07) is 6.07. The standard InChI is InChI=1S/C15H19ClN2S/c1-9(2)15-18-14(13(19-15)6-7-17)11-4-5-12(16)10(3)8-11/h4-5,8-9H,6-7,17H2,1-3H3. The Labute approximate surface area is 123 Å². The highest BCUT2D eigenvalue weighted by Crippen LogP contribution is 2.33. The van der Waals surface area contributed by atoms with E-state index < -0.39 is 0 Å². The van der Waals surface area contributed by atoms with Crippen molar-refractivity contribution in [1.29, 1.82) is 0 Å². The summed E-state index contributed by atoms with van der Waals surface area (Å²) in [7, 11) is 0. The summed E-state index contributed by atoms with van der Waals surface area (Å²) < 4.78 is 0. The number of nitrogens with zero attached hydrogens (tertiary/aromatic N) is 1. The zero-order valence-corrected chi connectivity index (χ0v) is 13.1. The minimum absolute atomic E-state index is 0.448. The van der Waals surface area contributed by atoms with Crippen molar-refractivity contribution in [2.75, 3.05) is 6.54 Å². The second-order valence-corrected chi connectivity index (χ2v) is 6.50. The molecule has 2 N–H and O–H groups in total. The number of thiazole rings is 1. The van der Waals surface area contributed by atoms with Gasteiger partial charge in [0.05, 0.1) is 10.7 Å². The van der Waals surface area contributed by atoms with Gasteiger partial charge in [-0.3, -0.25) is 0 Å². The van der Waals surface area contributed by atoms with Crippen LogP contribution in [0.5, 0.6) is 0 Å². The smallest absolute Gasteiger partial charge is 0.0960 e. The van der Waals surface area contributed by atoms with Crippen molar-refractivity contribution in [3.8, 4) is 11.3 Å². The number of rotatable bonds is 4. The molecular weight excluding hydrogens is 276 g/mol. The van der Waals surface area contributed by atoms with Gasteiger partial charge in [-0.05, 0) is 37.6 Å². The molecule has 1 aromatic heterocycles. The van der Waals surface area contributed by atoms with Gasteiger partial charge in [-0.1, -0.05) is 31.5 Å². The van der Waals surface area contributed by atoms with E-state index in [1.165, 1.54) is 9.88 Å². The molecule has 1 heterocycles. The highest BCUT2D eigenvalue weighted by molar-refractivity contribution is 7.12. The zero-order chi connectivity index (χ0) is 14.0. The third kappa shape index (κ3) is 3.16. The third-order valence-corrected chi connectivity index (χ3v) is 4.85. The Kier molecular flexibility index (Phi) is 4.61. The van der Waals surface area contributed by atoms with Crippen molar-refractivity contribution in [3.63, 3.8) is 0 Å². The number of hydrogen-bond donors (Lipinski definition) is 1. The second-order valence-electron chi connectivity index (χ2n) is 4.98. The molecule has 0 aliphatic carbocycles. The van der Waals surface area contributed by atoms with E-state index in [0.717, 1.165) is 28.3 Å². The van der Waals surface area contributed by atoms with Gasteiger partial charge in [-0.25, -0.2) is 4.98 Å². The molecule has 2 nitrogen and oxygen atoms in total. The van der Waals surface area contributed by atoms with E-state index in [1.807, 2.05) is 19.1 Å². The maximum Gasteiger partial charge on any atom is 0.0960 e. The number of benzene rings is 1. The fraction of sp³-hybridized carbons (Fsp3) is 0.400. The molecule has 0 saturated carbocycles. The number of aromatic nitrogens is 1. The summed E-state index contributed by atoms with van der Waals surface area (Å²) >= 11 is 7.86. The minimum atomic E-state index is 0.448. The molecule has 0 atom stereocenters. The molecule has 0 aliphatic rings. The van der Waals surface area contributed by atoms with Crippen LogP contribution in [0.25, 0.3) is 11.3 Å². The lowest BCUT2D eigenvalue weighted by atomic mass is 10.1. The molecule has 0 fully saturated rings. The molecule has 0 spiro atoms. The highest BCUT2D eigenvalue weighted by Gasteiger charge is 2.15. The Hall–Kier alpha value is -0.900. The van der Waals surface area contributed by atoms with Gasteiger partial charge in [0.25, 0.3) is 0 Å². The fourth-order valence-corrected chi connectivity index (χ4v) is 3.16. The van der Waals surface area contributed by atoms with Crippen molar-refractivity contribution >= 4 is 22.9 Å². The van der Waals surface area contributed by atoms with Crippen LogP contribution in [0.15, 0.2) is 18.2 Å². The second kappa shape index (κ2) is 6.04. The molecule has 19 heavy (non-hydrogen) atoms. The first-order valence-electron chi connectivity index (χ1n) is 6.49. The van der Waals surface area contributed by atoms with E-state index in [-0.39, 0.29) is 0 Å². The zero-order valence-electron chi connectivity index (χ0n) is 11.5.